The van der Waals surface area contributed by atoms with Gasteiger partial charge in [-0.3, -0.25) is 10.1 Å². The highest BCUT2D eigenvalue weighted by Crippen LogP contribution is 2.17. The number of hydrogen-bond donors (Lipinski definition) is 1. The molecule has 86 valence electrons. The fourth-order valence-electron chi connectivity index (χ4n) is 0.903. The summed E-state index contributed by atoms with van der Waals surface area (Å²) in [7, 11) is 0. The molecule has 0 radical (unpaired) electrons. The molecule has 0 aliphatic heterocycles. The van der Waals surface area contributed by atoms with E-state index >= 15 is 0 Å². The highest BCUT2D eigenvalue weighted by Gasteiger charge is 2.15. The number of nitrogens with zero attached hydrogens (tertiary/aromatic N) is 3. The highest BCUT2D eigenvalue weighted by atomic mass is 16.6. The summed E-state index contributed by atoms with van der Waals surface area (Å²) in [5.74, 6) is -2.03. The van der Waals surface area contributed by atoms with Gasteiger partial charge in [-0.15, -0.1) is 0 Å². The number of aliphatic hydroxyl groups is 1. The number of nitro benzene ring substituents is 1. The average molecular weight is 236 g/mol. The van der Waals surface area contributed by atoms with Crippen molar-refractivity contribution in [1.29, 1.82) is 5.39 Å². The summed E-state index contributed by atoms with van der Waals surface area (Å²) in [6.45, 7) is 0. The zero-order valence-electron chi connectivity index (χ0n) is 8.31. The normalized spacial score (nSPS) is 10.4. The quantitative estimate of drug-likeness (QED) is 0.162. The van der Waals surface area contributed by atoms with Crippen LogP contribution in [0.1, 0.15) is 0 Å². The predicted molar refractivity (Wildman–Crippen MR) is 54.5 cm³/mol. The van der Waals surface area contributed by atoms with Crippen LogP contribution in [0.5, 0.6) is 5.75 Å². The minimum atomic E-state index is -1.14. The molecule has 0 bridgehead atoms. The number of esters is 1. The van der Waals surface area contributed by atoms with Crippen molar-refractivity contribution in [1.82, 2.24) is 0 Å². The molecular weight excluding hydrogens is 230 g/mol. The lowest BCUT2D eigenvalue weighted by Crippen LogP contribution is -2.10. The molecule has 0 aliphatic rings. The van der Waals surface area contributed by atoms with Gasteiger partial charge in [0, 0.05) is 12.1 Å². The monoisotopic (exact) mass is 236 g/mol. The van der Waals surface area contributed by atoms with Crippen molar-refractivity contribution in [2.75, 3.05) is 0 Å². The molecule has 0 unspecified atom stereocenters. The van der Waals surface area contributed by atoms with Crippen molar-refractivity contribution < 1.29 is 19.6 Å². The van der Waals surface area contributed by atoms with Crippen LogP contribution in [0.3, 0.4) is 0 Å². The summed E-state index contributed by atoms with van der Waals surface area (Å²) >= 11 is 0. The second-order valence-electron chi connectivity index (χ2n) is 2.77. The molecule has 8 heteroatoms. The minimum absolute atomic E-state index is 0.0125. The molecular formula is C9H6N3O5+. The molecule has 0 heterocycles. The number of carbonyl (C=O) groups is 1. The van der Waals surface area contributed by atoms with E-state index in [1.54, 1.807) is 0 Å². The third-order valence-corrected chi connectivity index (χ3v) is 1.65. The third-order valence-electron chi connectivity index (χ3n) is 1.65. The maximum atomic E-state index is 11.1. The van der Waals surface area contributed by atoms with Crippen molar-refractivity contribution in [3.05, 3.63) is 51.3 Å². The molecule has 1 rings (SSSR count). The second kappa shape index (κ2) is 5.22. The zero-order valence-corrected chi connectivity index (χ0v) is 8.31. The lowest BCUT2D eigenvalue weighted by atomic mass is 10.3. The topological polar surface area (TPSA) is 118 Å². The van der Waals surface area contributed by atoms with Gasteiger partial charge in [-0.1, -0.05) is 0 Å². The molecule has 0 saturated heterocycles. The Balaban J connectivity index is 2.77. The number of aliphatic hydroxyl groups excluding tert-OH is 1. The Morgan fingerprint density at radius 1 is 1.47 bits per heavy atom. The van der Waals surface area contributed by atoms with E-state index in [1.807, 2.05) is 0 Å². The lowest BCUT2D eigenvalue weighted by Gasteiger charge is -2.00. The number of carbonyl (C=O) groups excluding carboxylic acids is 1. The molecule has 8 nitrogen and oxygen atoms in total. The van der Waals surface area contributed by atoms with Crippen LogP contribution < -0.4 is 4.74 Å². The maximum absolute atomic E-state index is 11.1. The Bertz CT molecular complexity index is 514. The predicted octanol–water partition coefficient (Wildman–Crippen LogP) is 1.75. The van der Waals surface area contributed by atoms with Crippen molar-refractivity contribution in [3.63, 3.8) is 0 Å². The molecule has 0 fully saturated rings. The first-order chi connectivity index (χ1) is 8.04. The fourth-order valence-corrected chi connectivity index (χ4v) is 0.903. The van der Waals surface area contributed by atoms with E-state index < -0.39 is 16.7 Å². The van der Waals surface area contributed by atoms with Gasteiger partial charge in [-0.25, -0.2) is 4.79 Å². The van der Waals surface area contributed by atoms with E-state index in [0.29, 0.717) is 6.20 Å². The number of benzene rings is 1. The van der Waals surface area contributed by atoms with Gasteiger partial charge < -0.3 is 9.84 Å². The van der Waals surface area contributed by atoms with Crippen LogP contribution in [0.2, 0.25) is 0 Å². The molecule has 17 heavy (non-hydrogen) atoms. The van der Waals surface area contributed by atoms with Crippen LogP contribution >= 0.6 is 0 Å². The Hall–Kier alpha value is -2.95. The molecule has 1 aromatic carbocycles. The van der Waals surface area contributed by atoms with Gasteiger partial charge in [0.05, 0.1) is 4.92 Å². The molecule has 1 aromatic rings. The first kappa shape index (κ1) is 12.1. The van der Waals surface area contributed by atoms with E-state index in [2.05, 4.69) is 9.71 Å². The molecule has 0 saturated carbocycles. The first-order valence-electron chi connectivity index (χ1n) is 4.24. The molecule has 0 aromatic heterocycles. The Morgan fingerprint density at radius 3 is 2.53 bits per heavy atom. The first-order valence-corrected chi connectivity index (χ1v) is 4.24. The van der Waals surface area contributed by atoms with Gasteiger partial charge in [-0.2, -0.15) is 0 Å². The molecule has 0 atom stereocenters. The number of diazo groups is 1. The van der Waals surface area contributed by atoms with E-state index in [4.69, 9.17) is 10.5 Å². The number of non-ortho nitro benzene ring substituents is 1. The fraction of sp³-hybridized carbons (Fsp3) is 0. The maximum Gasteiger partial charge on any atom is 0.399 e. The van der Waals surface area contributed by atoms with Crippen molar-refractivity contribution in [2.45, 2.75) is 0 Å². The summed E-state index contributed by atoms with van der Waals surface area (Å²) < 4.78 is 4.61. The van der Waals surface area contributed by atoms with Crippen LogP contribution in [0, 0.1) is 15.5 Å². The van der Waals surface area contributed by atoms with Crippen LogP contribution in [0.25, 0.3) is 4.98 Å². The Morgan fingerprint density at radius 2 is 2.06 bits per heavy atom. The van der Waals surface area contributed by atoms with Gasteiger partial charge in [0.25, 0.3) is 11.4 Å². The molecule has 0 aliphatic carbocycles. The van der Waals surface area contributed by atoms with Gasteiger partial charge in [0.1, 0.15) is 5.75 Å². The number of hydrogen-bond acceptors (Lipinski definition) is 6. The molecule has 0 amide bonds. The highest BCUT2D eigenvalue weighted by molar-refractivity contribution is 5.87. The largest absolute Gasteiger partial charge is 0.497 e. The van der Waals surface area contributed by atoms with Gasteiger partial charge >= 0.3 is 12.2 Å². The number of rotatable bonds is 3. The third kappa shape index (κ3) is 3.28. The summed E-state index contributed by atoms with van der Waals surface area (Å²) in [6.07, 6.45) is 0.494. The number of nitro groups is 1. The molecule has 0 spiro atoms. The van der Waals surface area contributed by atoms with Crippen LogP contribution in [0.4, 0.5) is 5.69 Å². The van der Waals surface area contributed by atoms with Crippen molar-refractivity contribution in [3.8, 4) is 5.75 Å². The number of ether oxygens (including phenoxy) is 1. The van der Waals surface area contributed by atoms with E-state index in [1.165, 1.54) is 12.1 Å². The van der Waals surface area contributed by atoms with Crippen molar-refractivity contribution >= 4 is 11.7 Å². The van der Waals surface area contributed by atoms with Gasteiger partial charge in [-0.05, 0) is 12.1 Å². The van der Waals surface area contributed by atoms with Crippen LogP contribution in [-0.4, -0.2) is 16.0 Å². The van der Waals surface area contributed by atoms with E-state index in [0.717, 1.165) is 12.1 Å². The zero-order chi connectivity index (χ0) is 12.8. The smallest absolute Gasteiger partial charge is 0.399 e. The SMILES string of the molecule is N#[N+]/C=C(\O)C(=O)Oc1ccc([N+](=O)[O-])cc1. The lowest BCUT2D eigenvalue weighted by molar-refractivity contribution is -0.384. The van der Waals surface area contributed by atoms with E-state index in [-0.39, 0.29) is 11.4 Å². The minimum Gasteiger partial charge on any atom is -0.497 e. The second-order valence-corrected chi connectivity index (χ2v) is 2.77. The van der Waals surface area contributed by atoms with Gasteiger partial charge in [0.15, 0.2) is 4.98 Å². The summed E-state index contributed by atoms with van der Waals surface area (Å²) in [5, 5.41) is 27.3. The van der Waals surface area contributed by atoms with Gasteiger partial charge in [0.2, 0.25) is 5.39 Å². The summed E-state index contributed by atoms with van der Waals surface area (Å²) in [4.78, 5) is 23.2. The standard InChI is InChI=1S/C9H5N3O5/c10-11-5-8(13)9(14)17-7-3-1-6(2-4-7)12(15)16/h1-5H/p+1/b8-5-. The summed E-state index contributed by atoms with van der Waals surface area (Å²) in [6, 6.07) is 4.67. The molecule has 1 N–H and O–H groups in total. The van der Waals surface area contributed by atoms with Crippen LogP contribution in [-0.2, 0) is 4.79 Å². The van der Waals surface area contributed by atoms with E-state index in [9.17, 15) is 14.9 Å². The Labute approximate surface area is 94.5 Å². The Kier molecular flexibility index (Phi) is 3.72. The average Bonchev–Trinajstić information content (AvgIpc) is 2.30. The summed E-state index contributed by atoms with van der Waals surface area (Å²) in [5.41, 5.74) is -0.157. The van der Waals surface area contributed by atoms with Crippen LogP contribution in [0.15, 0.2) is 36.2 Å². The van der Waals surface area contributed by atoms with Crippen molar-refractivity contribution in [2.24, 2.45) is 0 Å².